The highest BCUT2D eigenvalue weighted by Crippen LogP contribution is 2.26. The molecule has 0 aliphatic heterocycles. The molecule has 0 spiro atoms. The highest BCUT2D eigenvalue weighted by molar-refractivity contribution is 6.33. The molecule has 0 radical (unpaired) electrons. The Morgan fingerprint density at radius 1 is 0.964 bits per heavy atom. The Labute approximate surface area is 164 Å². The van der Waals surface area contributed by atoms with Crippen molar-refractivity contribution < 1.29 is 4.42 Å². The lowest BCUT2D eigenvalue weighted by atomic mass is 10.0. The molecule has 0 bridgehead atoms. The maximum atomic E-state index is 13.3. The topological polar surface area (TPSA) is 73.8 Å². The van der Waals surface area contributed by atoms with Crippen molar-refractivity contribution in [3.63, 3.8) is 0 Å². The van der Waals surface area contributed by atoms with Crippen LogP contribution >= 0.6 is 11.6 Å². The first-order valence-corrected chi connectivity index (χ1v) is 9.01. The van der Waals surface area contributed by atoms with Gasteiger partial charge in [0.25, 0.3) is 0 Å². The van der Waals surface area contributed by atoms with E-state index in [2.05, 4.69) is 15.0 Å². The number of imidazole rings is 1. The number of benzene rings is 2. The third kappa shape index (κ3) is 2.66. The molecular formula is C21H13ClN4O2. The number of halogens is 1. The van der Waals surface area contributed by atoms with Gasteiger partial charge in [0.2, 0.25) is 5.43 Å². The van der Waals surface area contributed by atoms with E-state index in [1.54, 1.807) is 23.0 Å². The van der Waals surface area contributed by atoms with Gasteiger partial charge < -0.3 is 8.98 Å². The first-order valence-electron chi connectivity index (χ1n) is 8.64. The van der Waals surface area contributed by atoms with E-state index in [9.17, 15) is 4.79 Å². The monoisotopic (exact) mass is 388 g/mol. The van der Waals surface area contributed by atoms with E-state index >= 15 is 0 Å². The molecule has 2 aromatic carbocycles. The van der Waals surface area contributed by atoms with Crippen molar-refractivity contribution >= 4 is 33.7 Å². The van der Waals surface area contributed by atoms with Crippen molar-refractivity contribution in [2.45, 2.75) is 6.54 Å². The van der Waals surface area contributed by atoms with Gasteiger partial charge in [0.05, 0.1) is 23.8 Å². The molecule has 0 aliphatic carbocycles. The van der Waals surface area contributed by atoms with Crippen LogP contribution in [0.4, 0.5) is 0 Å². The van der Waals surface area contributed by atoms with Crippen LogP contribution in [0.5, 0.6) is 0 Å². The maximum absolute atomic E-state index is 13.3. The lowest BCUT2D eigenvalue weighted by Crippen LogP contribution is -2.11. The fourth-order valence-electron chi connectivity index (χ4n) is 3.32. The largest absolute Gasteiger partial charge is 0.458 e. The summed E-state index contributed by atoms with van der Waals surface area (Å²) in [6.45, 7) is 0.286. The van der Waals surface area contributed by atoms with Gasteiger partial charge in [0.1, 0.15) is 23.2 Å². The van der Waals surface area contributed by atoms with Crippen LogP contribution in [0.15, 0.2) is 76.5 Å². The third-order valence-electron chi connectivity index (χ3n) is 4.60. The Bertz CT molecular complexity index is 1380. The predicted molar refractivity (Wildman–Crippen MR) is 107 cm³/mol. The Morgan fingerprint density at radius 2 is 1.75 bits per heavy atom. The molecule has 0 atom stereocenters. The fraction of sp³-hybridized carbons (Fsp3) is 0.0476. The van der Waals surface area contributed by atoms with E-state index < -0.39 is 0 Å². The van der Waals surface area contributed by atoms with Crippen LogP contribution in [0.3, 0.4) is 0 Å². The van der Waals surface area contributed by atoms with Crippen LogP contribution in [0, 0.1) is 0 Å². The molecule has 136 valence electrons. The lowest BCUT2D eigenvalue weighted by molar-refractivity contribution is 0.521. The minimum absolute atomic E-state index is 0.0693. The molecule has 0 unspecified atom stereocenters. The van der Waals surface area contributed by atoms with Crippen molar-refractivity contribution in [2.75, 3.05) is 0 Å². The van der Waals surface area contributed by atoms with Crippen molar-refractivity contribution in [3.05, 3.63) is 88.4 Å². The number of nitrogens with zero attached hydrogens (tertiary/aromatic N) is 4. The van der Waals surface area contributed by atoms with Gasteiger partial charge in [0.15, 0.2) is 10.8 Å². The van der Waals surface area contributed by atoms with Crippen molar-refractivity contribution in [1.82, 2.24) is 19.5 Å². The number of para-hydroxylation sites is 1. The molecular weight excluding hydrogens is 376 g/mol. The number of aromatic nitrogens is 4. The molecule has 0 amide bonds. The Morgan fingerprint density at radius 3 is 2.61 bits per heavy atom. The molecule has 0 fully saturated rings. The van der Waals surface area contributed by atoms with Gasteiger partial charge in [-0.15, -0.1) is 0 Å². The molecule has 0 aliphatic rings. The van der Waals surface area contributed by atoms with Crippen LogP contribution < -0.4 is 5.43 Å². The van der Waals surface area contributed by atoms with E-state index in [4.69, 9.17) is 16.0 Å². The number of hydrogen-bond donors (Lipinski definition) is 0. The number of fused-ring (bicyclic) bond motifs is 2. The van der Waals surface area contributed by atoms with Crippen LogP contribution in [0.25, 0.3) is 33.3 Å². The van der Waals surface area contributed by atoms with E-state index in [0.717, 1.165) is 5.56 Å². The predicted octanol–water partition coefficient (Wildman–Crippen LogP) is 4.30. The van der Waals surface area contributed by atoms with Gasteiger partial charge in [0, 0.05) is 0 Å². The quantitative estimate of drug-likeness (QED) is 0.431. The minimum Gasteiger partial charge on any atom is -0.458 e. The Kier molecular flexibility index (Phi) is 3.91. The zero-order valence-electron chi connectivity index (χ0n) is 14.5. The first-order chi connectivity index (χ1) is 13.7. The maximum Gasteiger partial charge on any atom is 0.200 e. The van der Waals surface area contributed by atoms with Crippen molar-refractivity contribution in [2.24, 2.45) is 0 Å². The summed E-state index contributed by atoms with van der Waals surface area (Å²) in [5.41, 5.74) is 2.89. The molecule has 6 nitrogen and oxygen atoms in total. The van der Waals surface area contributed by atoms with E-state index in [1.807, 2.05) is 42.5 Å². The van der Waals surface area contributed by atoms with E-state index in [-0.39, 0.29) is 17.1 Å². The van der Waals surface area contributed by atoms with Crippen LogP contribution in [-0.4, -0.2) is 19.5 Å². The highest BCUT2D eigenvalue weighted by atomic mass is 35.5. The third-order valence-corrected chi connectivity index (χ3v) is 4.88. The fourth-order valence-corrected chi connectivity index (χ4v) is 3.50. The average Bonchev–Trinajstić information content (AvgIpc) is 3.13. The summed E-state index contributed by atoms with van der Waals surface area (Å²) in [5, 5.41) is 0.831. The Hall–Kier alpha value is -3.51. The summed E-state index contributed by atoms with van der Waals surface area (Å²) in [7, 11) is 0. The van der Waals surface area contributed by atoms with Crippen LogP contribution in [0.2, 0.25) is 5.15 Å². The number of hydrogen-bond acceptors (Lipinski definition) is 5. The minimum atomic E-state index is -0.0693. The second kappa shape index (κ2) is 6.58. The zero-order chi connectivity index (χ0) is 19.1. The summed E-state index contributed by atoms with van der Waals surface area (Å²) in [6, 6.07) is 16.7. The van der Waals surface area contributed by atoms with Gasteiger partial charge in [-0.05, 0) is 17.7 Å². The summed E-state index contributed by atoms with van der Waals surface area (Å²) in [6.07, 6.45) is 3.01. The van der Waals surface area contributed by atoms with Gasteiger partial charge in [-0.2, -0.15) is 0 Å². The molecule has 0 saturated carbocycles. The Balaban J connectivity index is 1.76. The number of rotatable bonds is 3. The lowest BCUT2D eigenvalue weighted by Gasteiger charge is -2.11. The summed E-state index contributed by atoms with van der Waals surface area (Å²) in [5.74, 6) is 0.531. The average molecular weight is 389 g/mol. The van der Waals surface area contributed by atoms with Crippen molar-refractivity contribution in [1.29, 1.82) is 0 Å². The van der Waals surface area contributed by atoms with Crippen LogP contribution in [0.1, 0.15) is 5.76 Å². The second-order valence-corrected chi connectivity index (χ2v) is 6.66. The molecule has 5 aromatic rings. The van der Waals surface area contributed by atoms with E-state index in [0.29, 0.717) is 33.5 Å². The first kappa shape index (κ1) is 16.6. The SMILES string of the molecule is O=c1c(-c2ccccc2)c(Cn2cnc3c(Cl)ncnc32)oc2ccccc12. The molecule has 3 aromatic heterocycles. The highest BCUT2D eigenvalue weighted by Gasteiger charge is 2.18. The normalized spacial score (nSPS) is 11.3. The van der Waals surface area contributed by atoms with Crippen LogP contribution in [-0.2, 0) is 6.54 Å². The molecule has 28 heavy (non-hydrogen) atoms. The molecule has 5 rings (SSSR count). The molecule has 3 heterocycles. The van der Waals surface area contributed by atoms with E-state index in [1.165, 1.54) is 6.33 Å². The van der Waals surface area contributed by atoms with Gasteiger partial charge in [-0.3, -0.25) is 4.79 Å². The van der Waals surface area contributed by atoms with Gasteiger partial charge in [-0.1, -0.05) is 54.1 Å². The zero-order valence-corrected chi connectivity index (χ0v) is 15.3. The molecule has 0 saturated heterocycles. The smallest absolute Gasteiger partial charge is 0.200 e. The summed E-state index contributed by atoms with van der Waals surface area (Å²) < 4.78 is 7.95. The second-order valence-electron chi connectivity index (χ2n) is 6.30. The van der Waals surface area contributed by atoms with Crippen molar-refractivity contribution in [3.8, 4) is 11.1 Å². The van der Waals surface area contributed by atoms with Gasteiger partial charge >= 0.3 is 0 Å². The molecule has 7 heteroatoms. The summed E-state index contributed by atoms with van der Waals surface area (Å²) >= 11 is 6.10. The molecule has 0 N–H and O–H groups in total. The van der Waals surface area contributed by atoms with Gasteiger partial charge in [-0.25, -0.2) is 15.0 Å². The summed E-state index contributed by atoms with van der Waals surface area (Å²) in [4.78, 5) is 25.8. The standard InChI is InChI=1S/C21H13ClN4O2/c22-20-18-21(24-11-23-20)26(12-25-18)10-16-17(13-6-2-1-3-7-13)19(27)14-8-4-5-9-15(14)28-16/h1-9,11-12H,10H2.